The summed E-state index contributed by atoms with van der Waals surface area (Å²) in [5, 5.41) is 5.99. The van der Waals surface area contributed by atoms with E-state index in [1.165, 1.54) is 11.3 Å². The van der Waals surface area contributed by atoms with E-state index in [9.17, 15) is 4.79 Å². The minimum atomic E-state index is -0.639. The molecule has 0 amide bonds. The molecule has 1 aromatic carbocycles. The highest BCUT2D eigenvalue weighted by Gasteiger charge is 2.06. The van der Waals surface area contributed by atoms with Gasteiger partial charge in [-0.15, -0.1) is 11.3 Å². The van der Waals surface area contributed by atoms with Crippen LogP contribution in [0.1, 0.15) is 4.88 Å². The molecule has 7 heteroatoms. The molecular weight excluding hydrogens is 300 g/mol. The van der Waals surface area contributed by atoms with Gasteiger partial charge in [-0.2, -0.15) is 0 Å². The highest BCUT2D eigenvalue weighted by molar-refractivity contribution is 7.12. The summed E-state index contributed by atoms with van der Waals surface area (Å²) < 4.78 is 5.21. The van der Waals surface area contributed by atoms with Crippen LogP contribution in [0.5, 0.6) is 5.75 Å². The number of carbonyl (C=O) groups excluding carboxylic acids is 1. The Hall–Kier alpha value is -2.05. The Morgan fingerprint density at radius 3 is 2.70 bits per heavy atom. The fourth-order valence-electron chi connectivity index (χ4n) is 1.27. The fraction of sp³-hybridized carbons (Fsp3) is 0.0769. The zero-order valence-electron chi connectivity index (χ0n) is 10.3. The van der Waals surface area contributed by atoms with E-state index in [-0.39, 0.29) is 12.4 Å². The summed E-state index contributed by atoms with van der Waals surface area (Å²) in [4.78, 5) is 16.8. The van der Waals surface area contributed by atoms with Crippen LogP contribution >= 0.6 is 22.9 Å². The van der Waals surface area contributed by atoms with Gasteiger partial charge in [-0.3, -0.25) is 0 Å². The highest BCUT2D eigenvalue weighted by atomic mass is 35.5. The molecule has 0 fully saturated rings. The average Bonchev–Trinajstić information content (AvgIpc) is 2.98. The van der Waals surface area contributed by atoms with E-state index >= 15 is 0 Å². The second-order valence-electron chi connectivity index (χ2n) is 3.66. The van der Waals surface area contributed by atoms with Gasteiger partial charge in [0.05, 0.1) is 4.88 Å². The van der Waals surface area contributed by atoms with Crippen LogP contribution < -0.4 is 10.5 Å². The number of thiophene rings is 1. The second-order valence-corrected chi connectivity index (χ2v) is 5.04. The maximum Gasteiger partial charge on any atom is 0.372 e. The van der Waals surface area contributed by atoms with Crippen LogP contribution in [0.2, 0.25) is 5.02 Å². The molecule has 2 N–H and O–H groups in total. The Morgan fingerprint density at radius 2 is 2.05 bits per heavy atom. The van der Waals surface area contributed by atoms with Crippen molar-refractivity contribution < 1.29 is 14.4 Å². The number of halogens is 1. The lowest BCUT2D eigenvalue weighted by molar-refractivity contribution is -0.146. The fourth-order valence-corrected chi connectivity index (χ4v) is 2.01. The predicted octanol–water partition coefficient (Wildman–Crippen LogP) is 2.64. The van der Waals surface area contributed by atoms with Gasteiger partial charge in [0.2, 0.25) is 0 Å². The third kappa shape index (κ3) is 4.25. The van der Waals surface area contributed by atoms with Crippen LogP contribution in [0.25, 0.3) is 0 Å². The minimum absolute atomic E-state index is 0.153. The lowest BCUT2D eigenvalue weighted by atomic mass is 10.3. The molecular formula is C13H11ClN2O3S. The largest absolute Gasteiger partial charge is 0.482 e. The zero-order valence-corrected chi connectivity index (χ0v) is 11.9. The van der Waals surface area contributed by atoms with E-state index in [0.29, 0.717) is 10.8 Å². The lowest BCUT2D eigenvalue weighted by Crippen LogP contribution is -2.17. The minimum Gasteiger partial charge on any atom is -0.482 e. The van der Waals surface area contributed by atoms with E-state index < -0.39 is 5.97 Å². The molecule has 0 unspecified atom stereocenters. The van der Waals surface area contributed by atoms with Gasteiger partial charge in [0, 0.05) is 5.02 Å². The van der Waals surface area contributed by atoms with E-state index in [1.54, 1.807) is 30.3 Å². The molecule has 0 saturated carbocycles. The summed E-state index contributed by atoms with van der Waals surface area (Å²) >= 11 is 7.13. The van der Waals surface area contributed by atoms with Gasteiger partial charge in [-0.25, -0.2) is 4.79 Å². The van der Waals surface area contributed by atoms with Crippen LogP contribution in [0.15, 0.2) is 46.9 Å². The van der Waals surface area contributed by atoms with Crippen LogP contribution in [-0.4, -0.2) is 18.4 Å². The van der Waals surface area contributed by atoms with Gasteiger partial charge < -0.3 is 15.3 Å². The van der Waals surface area contributed by atoms with Crippen LogP contribution in [0.3, 0.4) is 0 Å². The molecule has 20 heavy (non-hydrogen) atoms. The Morgan fingerprint density at radius 1 is 1.30 bits per heavy atom. The topological polar surface area (TPSA) is 73.9 Å². The van der Waals surface area contributed by atoms with E-state index in [4.69, 9.17) is 22.1 Å². The smallest absolute Gasteiger partial charge is 0.372 e. The molecule has 0 atom stereocenters. The molecule has 5 nitrogen and oxygen atoms in total. The van der Waals surface area contributed by atoms with E-state index in [0.717, 1.165) is 4.88 Å². The second kappa shape index (κ2) is 6.93. The maximum atomic E-state index is 11.4. The first-order chi connectivity index (χ1) is 9.65. The van der Waals surface area contributed by atoms with Gasteiger partial charge >= 0.3 is 5.97 Å². The Labute approximate surface area is 124 Å². The van der Waals surface area contributed by atoms with E-state index in [2.05, 4.69) is 9.99 Å². The Balaban J connectivity index is 1.81. The van der Waals surface area contributed by atoms with Crippen molar-refractivity contribution in [1.29, 1.82) is 0 Å². The normalized spacial score (nSPS) is 11.2. The summed E-state index contributed by atoms with van der Waals surface area (Å²) in [5.74, 6) is 0.0286. The number of hydrogen-bond donors (Lipinski definition) is 1. The first-order valence-corrected chi connectivity index (χ1v) is 6.86. The van der Waals surface area contributed by atoms with Crippen molar-refractivity contribution in [3.63, 3.8) is 0 Å². The SMILES string of the molecule is N/C(=N\OC(=O)COc1ccc(Cl)cc1)c1cccs1. The molecule has 1 heterocycles. The first kappa shape index (κ1) is 14.4. The molecule has 0 spiro atoms. The molecule has 0 aliphatic carbocycles. The van der Waals surface area contributed by atoms with Crippen molar-refractivity contribution in [3.8, 4) is 5.75 Å². The molecule has 1 aromatic heterocycles. The van der Waals surface area contributed by atoms with Gasteiger partial charge in [-0.1, -0.05) is 22.8 Å². The number of hydrogen-bond acceptors (Lipinski definition) is 5. The number of ether oxygens (including phenoxy) is 1. The predicted molar refractivity (Wildman–Crippen MR) is 78.1 cm³/mol. The number of rotatable bonds is 5. The van der Waals surface area contributed by atoms with Crippen molar-refractivity contribution in [1.82, 2.24) is 0 Å². The van der Waals surface area contributed by atoms with Gasteiger partial charge in [-0.05, 0) is 35.7 Å². The Bertz CT molecular complexity index is 597. The standard InChI is InChI=1S/C13H11ClN2O3S/c14-9-3-5-10(6-4-9)18-8-12(17)19-16-13(15)11-2-1-7-20-11/h1-7H,8H2,(H2,15,16). The third-order valence-corrected chi connectivity index (χ3v) is 3.33. The number of oxime groups is 1. The van der Waals surface area contributed by atoms with Crippen molar-refractivity contribution in [2.24, 2.45) is 10.9 Å². The highest BCUT2D eigenvalue weighted by Crippen LogP contribution is 2.15. The van der Waals surface area contributed by atoms with Crippen molar-refractivity contribution in [3.05, 3.63) is 51.7 Å². The van der Waals surface area contributed by atoms with Gasteiger partial charge in [0.1, 0.15) is 5.75 Å². The third-order valence-electron chi connectivity index (χ3n) is 2.19. The monoisotopic (exact) mass is 310 g/mol. The van der Waals surface area contributed by atoms with E-state index in [1.807, 2.05) is 11.4 Å². The number of nitrogens with zero attached hydrogens (tertiary/aromatic N) is 1. The molecule has 2 rings (SSSR count). The lowest BCUT2D eigenvalue weighted by Gasteiger charge is -2.04. The maximum absolute atomic E-state index is 11.4. The van der Waals surface area contributed by atoms with Crippen LogP contribution in [-0.2, 0) is 9.63 Å². The molecule has 0 saturated heterocycles. The van der Waals surface area contributed by atoms with Crippen molar-refractivity contribution in [2.45, 2.75) is 0 Å². The first-order valence-electron chi connectivity index (χ1n) is 5.60. The van der Waals surface area contributed by atoms with Crippen LogP contribution in [0, 0.1) is 0 Å². The molecule has 0 aliphatic rings. The number of benzene rings is 1. The summed E-state index contributed by atoms with van der Waals surface area (Å²) in [7, 11) is 0. The summed E-state index contributed by atoms with van der Waals surface area (Å²) in [6, 6.07) is 10.2. The molecule has 104 valence electrons. The van der Waals surface area contributed by atoms with Crippen molar-refractivity contribution in [2.75, 3.05) is 6.61 Å². The average molecular weight is 311 g/mol. The number of nitrogens with two attached hydrogens (primary N) is 1. The van der Waals surface area contributed by atoms with Crippen LogP contribution in [0.4, 0.5) is 0 Å². The zero-order chi connectivity index (χ0) is 14.4. The molecule has 0 radical (unpaired) electrons. The molecule has 2 aromatic rings. The summed E-state index contributed by atoms with van der Waals surface area (Å²) in [6.45, 7) is -0.261. The van der Waals surface area contributed by atoms with Gasteiger partial charge in [0.25, 0.3) is 0 Å². The number of carbonyl (C=O) groups is 1. The number of amidine groups is 1. The summed E-state index contributed by atoms with van der Waals surface area (Å²) in [5.41, 5.74) is 5.64. The quantitative estimate of drug-likeness (QED) is 0.399. The Kier molecular flexibility index (Phi) is 4.97. The van der Waals surface area contributed by atoms with Gasteiger partial charge in [0.15, 0.2) is 12.4 Å². The van der Waals surface area contributed by atoms with Crippen molar-refractivity contribution >= 4 is 34.7 Å². The summed E-state index contributed by atoms with van der Waals surface area (Å²) in [6.07, 6.45) is 0. The molecule has 0 aliphatic heterocycles. The molecule has 0 bridgehead atoms.